The highest BCUT2D eigenvalue weighted by Gasteiger charge is 2.19. The second-order valence-electron chi connectivity index (χ2n) is 3.38. The van der Waals surface area contributed by atoms with Crippen LogP contribution in [-0.4, -0.2) is 17.6 Å². The van der Waals surface area contributed by atoms with E-state index in [1.807, 2.05) is 0 Å². The number of nitrogens with zero attached hydrogens (tertiary/aromatic N) is 1. The van der Waals surface area contributed by atoms with Crippen LogP contribution in [0.3, 0.4) is 0 Å². The third-order valence-electron chi connectivity index (χ3n) is 2.22. The molecule has 0 atom stereocenters. The van der Waals surface area contributed by atoms with Gasteiger partial charge in [0, 0.05) is 5.56 Å². The molecule has 94 valence electrons. The monoisotopic (exact) mass is 313 g/mol. The highest BCUT2D eigenvalue weighted by molar-refractivity contribution is 9.10. The van der Waals surface area contributed by atoms with Gasteiger partial charge in [0.2, 0.25) is 0 Å². The molecular formula is C12H9BrFNO3. The van der Waals surface area contributed by atoms with Crippen LogP contribution in [0.4, 0.5) is 4.39 Å². The van der Waals surface area contributed by atoms with Crippen LogP contribution in [0.1, 0.15) is 17.4 Å². The fourth-order valence-electron chi connectivity index (χ4n) is 1.43. The van der Waals surface area contributed by atoms with Crippen molar-refractivity contribution in [1.82, 2.24) is 4.98 Å². The molecule has 6 heteroatoms. The average Bonchev–Trinajstić information content (AvgIpc) is 2.82. The zero-order chi connectivity index (χ0) is 13.1. The standard InChI is InChI=1S/C12H9BrFNO3/c1-2-17-12(16)10-11(18-6-15-10)7-3-4-9(14)8(13)5-7/h3-6H,2H2,1H3. The predicted molar refractivity (Wildman–Crippen MR) is 65.6 cm³/mol. The van der Waals surface area contributed by atoms with E-state index in [-0.39, 0.29) is 22.5 Å². The van der Waals surface area contributed by atoms with Crippen molar-refractivity contribution in [2.45, 2.75) is 6.92 Å². The third-order valence-corrected chi connectivity index (χ3v) is 2.83. The quantitative estimate of drug-likeness (QED) is 0.815. The Labute approximate surface area is 111 Å². The summed E-state index contributed by atoms with van der Waals surface area (Å²) in [5, 5.41) is 0. The van der Waals surface area contributed by atoms with Crippen molar-refractivity contribution in [1.29, 1.82) is 0 Å². The minimum absolute atomic E-state index is 0.0790. The van der Waals surface area contributed by atoms with Crippen molar-refractivity contribution in [2.75, 3.05) is 6.61 Å². The molecule has 1 heterocycles. The number of hydrogen-bond acceptors (Lipinski definition) is 4. The topological polar surface area (TPSA) is 52.3 Å². The Morgan fingerprint density at radius 1 is 1.56 bits per heavy atom. The molecule has 0 aliphatic carbocycles. The summed E-state index contributed by atoms with van der Waals surface area (Å²) in [6, 6.07) is 4.29. The van der Waals surface area contributed by atoms with Crippen LogP contribution in [0, 0.1) is 5.82 Å². The highest BCUT2D eigenvalue weighted by Crippen LogP contribution is 2.27. The Bertz CT molecular complexity index is 582. The Morgan fingerprint density at radius 3 is 3.00 bits per heavy atom. The van der Waals surface area contributed by atoms with E-state index < -0.39 is 11.8 Å². The van der Waals surface area contributed by atoms with Crippen LogP contribution in [0.25, 0.3) is 11.3 Å². The Morgan fingerprint density at radius 2 is 2.33 bits per heavy atom. The fourth-order valence-corrected chi connectivity index (χ4v) is 1.81. The first-order chi connectivity index (χ1) is 8.63. The van der Waals surface area contributed by atoms with Crippen LogP contribution < -0.4 is 0 Å². The zero-order valence-corrected chi connectivity index (χ0v) is 11.0. The second kappa shape index (κ2) is 5.30. The largest absolute Gasteiger partial charge is 0.461 e. The van der Waals surface area contributed by atoms with Crippen LogP contribution in [0.2, 0.25) is 0 Å². The molecule has 0 spiro atoms. The fraction of sp³-hybridized carbons (Fsp3) is 0.167. The average molecular weight is 314 g/mol. The summed E-state index contributed by atoms with van der Waals surface area (Å²) in [7, 11) is 0. The lowest BCUT2D eigenvalue weighted by Crippen LogP contribution is -2.06. The van der Waals surface area contributed by atoms with E-state index in [0.717, 1.165) is 6.39 Å². The van der Waals surface area contributed by atoms with E-state index in [1.54, 1.807) is 6.92 Å². The second-order valence-corrected chi connectivity index (χ2v) is 4.23. The molecule has 0 bridgehead atoms. The third kappa shape index (κ3) is 2.43. The Kier molecular flexibility index (Phi) is 3.76. The number of halogens is 2. The molecule has 18 heavy (non-hydrogen) atoms. The molecule has 0 aliphatic rings. The van der Waals surface area contributed by atoms with E-state index in [1.165, 1.54) is 18.2 Å². The first kappa shape index (κ1) is 12.8. The minimum atomic E-state index is -0.568. The van der Waals surface area contributed by atoms with Crippen LogP contribution in [0.5, 0.6) is 0 Å². The van der Waals surface area contributed by atoms with Gasteiger partial charge in [0.25, 0.3) is 0 Å². The predicted octanol–water partition coefficient (Wildman–Crippen LogP) is 3.42. The molecule has 1 aromatic heterocycles. The normalized spacial score (nSPS) is 10.4. The minimum Gasteiger partial charge on any atom is -0.461 e. The number of hydrogen-bond donors (Lipinski definition) is 0. The van der Waals surface area contributed by atoms with Gasteiger partial charge in [-0.2, -0.15) is 0 Å². The maximum Gasteiger partial charge on any atom is 0.360 e. The lowest BCUT2D eigenvalue weighted by molar-refractivity contribution is 0.0520. The van der Waals surface area contributed by atoms with Crippen LogP contribution in [0.15, 0.2) is 33.5 Å². The molecule has 0 radical (unpaired) electrons. The van der Waals surface area contributed by atoms with Gasteiger partial charge < -0.3 is 9.15 Å². The van der Waals surface area contributed by atoms with Crippen molar-refractivity contribution in [3.8, 4) is 11.3 Å². The van der Waals surface area contributed by atoms with Crippen molar-refractivity contribution >= 4 is 21.9 Å². The zero-order valence-electron chi connectivity index (χ0n) is 9.44. The molecule has 0 saturated carbocycles. The van der Waals surface area contributed by atoms with E-state index in [4.69, 9.17) is 9.15 Å². The molecule has 2 rings (SSSR count). The molecule has 0 saturated heterocycles. The molecule has 0 unspecified atom stereocenters. The SMILES string of the molecule is CCOC(=O)c1ncoc1-c1ccc(F)c(Br)c1. The van der Waals surface area contributed by atoms with Gasteiger partial charge in [-0.3, -0.25) is 0 Å². The van der Waals surface area contributed by atoms with Gasteiger partial charge in [0.15, 0.2) is 17.8 Å². The first-order valence-corrected chi connectivity index (χ1v) is 5.98. The summed E-state index contributed by atoms with van der Waals surface area (Å²) in [6.07, 6.45) is 1.15. The number of esters is 1. The van der Waals surface area contributed by atoms with Gasteiger partial charge in [0.1, 0.15) is 5.82 Å². The highest BCUT2D eigenvalue weighted by atomic mass is 79.9. The number of ether oxygens (including phenoxy) is 1. The van der Waals surface area contributed by atoms with Crippen LogP contribution in [-0.2, 0) is 4.74 Å². The Balaban J connectivity index is 2.42. The molecule has 0 amide bonds. The van der Waals surface area contributed by atoms with Crippen molar-refractivity contribution in [2.24, 2.45) is 0 Å². The van der Waals surface area contributed by atoms with Crippen LogP contribution >= 0.6 is 15.9 Å². The maximum atomic E-state index is 13.1. The number of benzene rings is 1. The van der Waals surface area contributed by atoms with Crippen molar-refractivity contribution in [3.05, 3.63) is 40.6 Å². The van der Waals surface area contributed by atoms with Gasteiger partial charge >= 0.3 is 5.97 Å². The maximum absolute atomic E-state index is 13.1. The van der Waals surface area contributed by atoms with E-state index >= 15 is 0 Å². The molecule has 0 N–H and O–H groups in total. The molecule has 2 aromatic rings. The summed E-state index contributed by atoms with van der Waals surface area (Å²) < 4.78 is 23.4. The van der Waals surface area contributed by atoms with Crippen molar-refractivity contribution in [3.63, 3.8) is 0 Å². The number of oxazole rings is 1. The summed E-state index contributed by atoms with van der Waals surface area (Å²) in [4.78, 5) is 15.4. The lowest BCUT2D eigenvalue weighted by atomic mass is 10.1. The van der Waals surface area contributed by atoms with E-state index in [2.05, 4.69) is 20.9 Å². The van der Waals surface area contributed by atoms with Gasteiger partial charge in [-0.15, -0.1) is 0 Å². The molecule has 1 aromatic carbocycles. The molecule has 0 aliphatic heterocycles. The molecular weight excluding hydrogens is 305 g/mol. The van der Waals surface area contributed by atoms with Gasteiger partial charge in [-0.05, 0) is 41.1 Å². The number of carbonyl (C=O) groups excluding carboxylic acids is 1. The lowest BCUT2D eigenvalue weighted by Gasteiger charge is -2.02. The summed E-state index contributed by atoms with van der Waals surface area (Å²) in [5.74, 6) is -0.702. The molecule has 0 fully saturated rings. The Hall–Kier alpha value is -1.69. The summed E-state index contributed by atoms with van der Waals surface area (Å²) in [5.41, 5.74) is 0.624. The number of rotatable bonds is 3. The van der Waals surface area contributed by atoms with E-state index in [9.17, 15) is 9.18 Å². The van der Waals surface area contributed by atoms with E-state index in [0.29, 0.717) is 5.56 Å². The number of carbonyl (C=O) groups is 1. The smallest absolute Gasteiger partial charge is 0.360 e. The van der Waals surface area contributed by atoms with Gasteiger partial charge in [0.05, 0.1) is 11.1 Å². The number of aromatic nitrogens is 1. The molecule has 4 nitrogen and oxygen atoms in total. The van der Waals surface area contributed by atoms with Crippen molar-refractivity contribution < 1.29 is 18.3 Å². The first-order valence-electron chi connectivity index (χ1n) is 5.19. The van der Waals surface area contributed by atoms with Gasteiger partial charge in [-0.1, -0.05) is 0 Å². The summed E-state index contributed by atoms with van der Waals surface area (Å²) >= 11 is 3.07. The summed E-state index contributed by atoms with van der Waals surface area (Å²) in [6.45, 7) is 1.95. The van der Waals surface area contributed by atoms with Gasteiger partial charge in [-0.25, -0.2) is 14.2 Å².